The lowest BCUT2D eigenvalue weighted by Crippen LogP contribution is -2.36. The molecule has 0 fully saturated rings. The van der Waals surface area contributed by atoms with Crippen LogP contribution in [-0.4, -0.2) is 49.0 Å². The molecule has 0 spiro atoms. The Kier molecular flexibility index (Phi) is 10.1. The highest BCUT2D eigenvalue weighted by molar-refractivity contribution is 7.96. The number of likely N-dealkylation sites (N-methyl/N-ethyl adjacent to an activating group) is 1. The molecule has 0 saturated carbocycles. The largest absolute Gasteiger partial charge is 0.391 e. The molecular weight excluding hydrogens is 186 g/mol. The standard InChI is InChI=1S/C5H14NO.C4H8OS/c1-6(2,3)4-5-7;1-2-3-4(5)6/h7H,4-5H2,1-3H3;2-3H2,1H3,(H,5,6)/q+1;. The van der Waals surface area contributed by atoms with E-state index < -0.39 is 0 Å². The first-order valence-corrected chi connectivity index (χ1v) is 4.91. The first kappa shape index (κ1) is 15.4. The van der Waals surface area contributed by atoms with Crippen LogP contribution in [-0.2, 0) is 4.79 Å². The van der Waals surface area contributed by atoms with E-state index in [1.165, 1.54) is 0 Å². The number of quaternary nitrogens is 1. The Morgan fingerprint density at radius 1 is 1.38 bits per heavy atom. The van der Waals surface area contributed by atoms with Gasteiger partial charge in [-0.15, -0.1) is 12.6 Å². The number of hydrogen-bond donors (Lipinski definition) is 2. The van der Waals surface area contributed by atoms with Crippen molar-refractivity contribution in [3.05, 3.63) is 0 Å². The van der Waals surface area contributed by atoms with Gasteiger partial charge in [0.1, 0.15) is 6.54 Å². The topological polar surface area (TPSA) is 37.3 Å². The van der Waals surface area contributed by atoms with Gasteiger partial charge in [-0.1, -0.05) is 6.92 Å². The lowest BCUT2D eigenvalue weighted by atomic mass is 10.4. The average Bonchev–Trinajstić information content (AvgIpc) is 1.84. The van der Waals surface area contributed by atoms with Crippen LogP contribution in [0.3, 0.4) is 0 Å². The molecular formula is C9H22NO2S+. The van der Waals surface area contributed by atoms with Crippen LogP contribution >= 0.6 is 12.6 Å². The quantitative estimate of drug-likeness (QED) is 0.533. The molecule has 0 atom stereocenters. The summed E-state index contributed by atoms with van der Waals surface area (Å²) in [5.74, 6) is 0. The van der Waals surface area contributed by atoms with E-state index in [-0.39, 0.29) is 11.7 Å². The second kappa shape index (κ2) is 8.53. The predicted octanol–water partition coefficient (Wildman–Crippen LogP) is 0.928. The number of carbonyl (C=O) groups excluding carboxylic acids is 1. The van der Waals surface area contributed by atoms with Gasteiger partial charge in [-0.2, -0.15) is 0 Å². The molecule has 0 saturated heterocycles. The van der Waals surface area contributed by atoms with Gasteiger partial charge in [-0.25, -0.2) is 0 Å². The third kappa shape index (κ3) is 24.5. The normalized spacial score (nSPS) is 10.3. The second-order valence-electron chi connectivity index (χ2n) is 3.88. The van der Waals surface area contributed by atoms with E-state index in [4.69, 9.17) is 5.11 Å². The highest BCUT2D eigenvalue weighted by Crippen LogP contribution is 1.89. The molecule has 0 rings (SSSR count). The number of thiol groups is 1. The lowest BCUT2D eigenvalue weighted by Gasteiger charge is -2.21. The SMILES string of the molecule is CCCC(=O)S.C[N+](C)(C)CCO. The van der Waals surface area contributed by atoms with Gasteiger partial charge < -0.3 is 9.59 Å². The summed E-state index contributed by atoms with van der Waals surface area (Å²) in [6, 6.07) is 0. The molecule has 0 aromatic carbocycles. The molecule has 4 heteroatoms. The van der Waals surface area contributed by atoms with E-state index in [2.05, 4.69) is 33.8 Å². The summed E-state index contributed by atoms with van der Waals surface area (Å²) in [7, 11) is 6.16. The predicted molar refractivity (Wildman–Crippen MR) is 58.9 cm³/mol. The fraction of sp³-hybridized carbons (Fsp3) is 0.889. The Morgan fingerprint density at radius 3 is 1.85 bits per heavy atom. The van der Waals surface area contributed by atoms with Gasteiger partial charge in [0.15, 0.2) is 5.12 Å². The molecule has 0 bridgehead atoms. The number of aliphatic hydroxyl groups is 1. The summed E-state index contributed by atoms with van der Waals surface area (Å²) in [6.45, 7) is 3.07. The molecule has 0 heterocycles. The van der Waals surface area contributed by atoms with Crippen LogP contribution in [0, 0.1) is 0 Å². The van der Waals surface area contributed by atoms with E-state index in [1.54, 1.807) is 0 Å². The molecule has 0 aliphatic rings. The third-order valence-corrected chi connectivity index (χ3v) is 1.46. The van der Waals surface area contributed by atoms with Crippen molar-refractivity contribution in [2.24, 2.45) is 0 Å². The van der Waals surface area contributed by atoms with E-state index in [9.17, 15) is 4.79 Å². The zero-order chi connectivity index (χ0) is 10.9. The van der Waals surface area contributed by atoms with Crippen molar-refractivity contribution in [1.82, 2.24) is 0 Å². The van der Waals surface area contributed by atoms with Crippen LogP contribution in [0.4, 0.5) is 0 Å². The average molecular weight is 208 g/mol. The van der Waals surface area contributed by atoms with Crippen LogP contribution in [0.15, 0.2) is 0 Å². The minimum atomic E-state index is -0.0162. The zero-order valence-electron chi connectivity index (χ0n) is 9.08. The van der Waals surface area contributed by atoms with Crippen molar-refractivity contribution in [3.63, 3.8) is 0 Å². The van der Waals surface area contributed by atoms with Gasteiger partial charge in [0.25, 0.3) is 0 Å². The number of aliphatic hydroxyl groups excluding tert-OH is 1. The summed E-state index contributed by atoms with van der Waals surface area (Å²) in [5, 5.41) is 8.37. The monoisotopic (exact) mass is 208 g/mol. The van der Waals surface area contributed by atoms with Crippen molar-refractivity contribution >= 4 is 17.7 Å². The fourth-order valence-electron chi connectivity index (χ4n) is 0.514. The summed E-state index contributed by atoms with van der Waals surface area (Å²) >= 11 is 3.54. The lowest BCUT2D eigenvalue weighted by molar-refractivity contribution is -0.870. The molecule has 0 aromatic heterocycles. The summed E-state index contributed by atoms with van der Waals surface area (Å²) in [6.07, 6.45) is 1.51. The highest BCUT2D eigenvalue weighted by atomic mass is 32.1. The number of nitrogens with zero attached hydrogens (tertiary/aromatic N) is 1. The maximum atomic E-state index is 9.91. The molecule has 3 nitrogen and oxygen atoms in total. The minimum absolute atomic E-state index is 0.0162. The van der Waals surface area contributed by atoms with Crippen LogP contribution in [0.5, 0.6) is 0 Å². The maximum absolute atomic E-state index is 9.91. The van der Waals surface area contributed by atoms with Crippen molar-refractivity contribution in [1.29, 1.82) is 0 Å². The molecule has 0 amide bonds. The Bertz CT molecular complexity index is 132. The molecule has 0 aliphatic carbocycles. The van der Waals surface area contributed by atoms with Crippen molar-refractivity contribution in [2.45, 2.75) is 19.8 Å². The minimum Gasteiger partial charge on any atom is -0.391 e. The van der Waals surface area contributed by atoms with Gasteiger partial charge in [0.05, 0.1) is 27.7 Å². The van der Waals surface area contributed by atoms with Gasteiger partial charge in [-0.05, 0) is 6.42 Å². The number of carbonyl (C=O) groups is 1. The Balaban J connectivity index is 0. The first-order valence-electron chi connectivity index (χ1n) is 4.46. The molecule has 1 N–H and O–H groups in total. The Hall–Kier alpha value is -0.0600. The van der Waals surface area contributed by atoms with E-state index in [1.807, 2.05) is 6.92 Å². The van der Waals surface area contributed by atoms with Gasteiger partial charge in [-0.3, -0.25) is 4.79 Å². The van der Waals surface area contributed by atoms with Crippen LogP contribution in [0.25, 0.3) is 0 Å². The van der Waals surface area contributed by atoms with Gasteiger partial charge >= 0.3 is 0 Å². The summed E-state index contributed by atoms with van der Waals surface area (Å²) in [4.78, 5) is 9.91. The van der Waals surface area contributed by atoms with Crippen LogP contribution in [0.1, 0.15) is 19.8 Å². The summed E-state index contributed by atoms with van der Waals surface area (Å²) in [5.41, 5.74) is 0. The van der Waals surface area contributed by atoms with Crippen molar-refractivity contribution in [3.8, 4) is 0 Å². The highest BCUT2D eigenvalue weighted by Gasteiger charge is 2.02. The van der Waals surface area contributed by atoms with Crippen molar-refractivity contribution < 1.29 is 14.4 Å². The fourth-order valence-corrected chi connectivity index (χ4v) is 0.737. The van der Waals surface area contributed by atoms with E-state index in [0.29, 0.717) is 6.42 Å². The zero-order valence-corrected chi connectivity index (χ0v) is 9.97. The number of hydrogen-bond acceptors (Lipinski definition) is 2. The van der Waals surface area contributed by atoms with E-state index in [0.717, 1.165) is 17.4 Å². The molecule has 0 aromatic rings. The smallest absolute Gasteiger partial charge is 0.185 e. The molecule has 0 unspecified atom stereocenters. The maximum Gasteiger partial charge on any atom is 0.185 e. The molecule has 0 aliphatic heterocycles. The van der Waals surface area contributed by atoms with Crippen molar-refractivity contribution in [2.75, 3.05) is 34.3 Å². The summed E-state index contributed by atoms with van der Waals surface area (Å²) < 4.78 is 0.844. The second-order valence-corrected chi connectivity index (χ2v) is 4.38. The van der Waals surface area contributed by atoms with E-state index >= 15 is 0 Å². The molecule has 13 heavy (non-hydrogen) atoms. The van der Waals surface area contributed by atoms with Gasteiger partial charge in [0, 0.05) is 6.42 Å². The molecule has 80 valence electrons. The van der Waals surface area contributed by atoms with Gasteiger partial charge in [0.2, 0.25) is 0 Å². The van der Waals surface area contributed by atoms with Crippen LogP contribution < -0.4 is 0 Å². The van der Waals surface area contributed by atoms with Crippen LogP contribution in [0.2, 0.25) is 0 Å². The first-order chi connectivity index (χ1) is 5.83. The Morgan fingerprint density at radius 2 is 1.85 bits per heavy atom. The number of rotatable bonds is 4. The Labute approximate surface area is 86.7 Å². The third-order valence-electron chi connectivity index (χ3n) is 1.23. The molecule has 0 radical (unpaired) electrons.